The summed E-state index contributed by atoms with van der Waals surface area (Å²) in [6.07, 6.45) is 5.48. The summed E-state index contributed by atoms with van der Waals surface area (Å²) < 4.78 is 11.4. The Morgan fingerprint density at radius 1 is 1.12 bits per heavy atom. The van der Waals surface area contributed by atoms with Crippen molar-refractivity contribution < 1.29 is 14.3 Å². The fourth-order valence-corrected chi connectivity index (χ4v) is 3.83. The Morgan fingerprint density at radius 3 is 2.31 bits per heavy atom. The lowest BCUT2D eigenvalue weighted by molar-refractivity contribution is -0.0289. The van der Waals surface area contributed by atoms with E-state index in [0.29, 0.717) is 37.5 Å². The van der Waals surface area contributed by atoms with Gasteiger partial charge in [-0.05, 0) is 77.7 Å². The second-order valence-electron chi connectivity index (χ2n) is 8.93. The third-order valence-electron chi connectivity index (χ3n) is 5.65. The molecule has 3 N–H and O–H groups in total. The summed E-state index contributed by atoms with van der Waals surface area (Å²) in [6.45, 7) is 9.78. The number of carbonyl (C=O) groups is 1. The molecule has 26 heavy (non-hydrogen) atoms. The number of ether oxygens (including phenoxy) is 2. The summed E-state index contributed by atoms with van der Waals surface area (Å²) in [6, 6.07) is 0. The van der Waals surface area contributed by atoms with Gasteiger partial charge in [0.05, 0.1) is 12.2 Å². The van der Waals surface area contributed by atoms with Gasteiger partial charge in [0.15, 0.2) is 0 Å². The molecule has 0 saturated heterocycles. The normalized spacial score (nSPS) is 25.2. The Kier molecular flexibility index (Phi) is 7.37. The molecule has 2 aliphatic carbocycles. The lowest BCUT2D eigenvalue weighted by Crippen LogP contribution is -2.45. The van der Waals surface area contributed by atoms with E-state index in [0.717, 1.165) is 38.5 Å². The third-order valence-corrected chi connectivity index (χ3v) is 5.65. The summed E-state index contributed by atoms with van der Waals surface area (Å²) in [5, 5.41) is 2.97. The minimum absolute atomic E-state index is 0.227. The van der Waals surface area contributed by atoms with Gasteiger partial charge in [-0.15, -0.1) is 11.8 Å². The lowest BCUT2D eigenvalue weighted by atomic mass is 10.0. The number of fused-ring (bicyclic) bond motifs is 1. The van der Waals surface area contributed by atoms with Crippen LogP contribution < -0.4 is 11.1 Å². The van der Waals surface area contributed by atoms with Crippen LogP contribution in [0.5, 0.6) is 0 Å². The fraction of sp³-hybridized carbons (Fsp3) is 0.857. The largest absolute Gasteiger partial charge is 0.449 e. The molecule has 1 saturated carbocycles. The number of nitrogens with two attached hydrogens (primary N) is 1. The van der Waals surface area contributed by atoms with E-state index < -0.39 is 0 Å². The van der Waals surface area contributed by atoms with Crippen LogP contribution in [0.3, 0.4) is 0 Å². The van der Waals surface area contributed by atoms with Crippen molar-refractivity contribution in [2.24, 2.45) is 23.5 Å². The molecule has 0 bridgehead atoms. The number of nitrogens with one attached hydrogen (secondary N) is 1. The average Bonchev–Trinajstić information content (AvgIpc) is 3.13. The molecule has 5 heteroatoms. The second kappa shape index (κ2) is 9.10. The SMILES string of the molecule is CC(C)(CCOC(C)(C)CCN)NC(=O)OCC1C2CCC#CCCC21. The van der Waals surface area contributed by atoms with Crippen LogP contribution in [0.25, 0.3) is 0 Å². The van der Waals surface area contributed by atoms with Crippen LogP contribution in [-0.2, 0) is 9.47 Å². The average molecular weight is 365 g/mol. The molecule has 0 spiro atoms. The maximum absolute atomic E-state index is 12.2. The van der Waals surface area contributed by atoms with Crippen molar-refractivity contribution in [3.63, 3.8) is 0 Å². The topological polar surface area (TPSA) is 73.6 Å². The van der Waals surface area contributed by atoms with Crippen molar-refractivity contribution in [1.29, 1.82) is 0 Å². The fourth-order valence-electron chi connectivity index (χ4n) is 3.83. The highest BCUT2D eigenvalue weighted by atomic mass is 16.5. The van der Waals surface area contributed by atoms with E-state index in [9.17, 15) is 4.79 Å². The van der Waals surface area contributed by atoms with Crippen molar-refractivity contribution in [2.75, 3.05) is 19.8 Å². The van der Waals surface area contributed by atoms with E-state index in [-0.39, 0.29) is 17.2 Å². The van der Waals surface area contributed by atoms with Crippen LogP contribution in [0.15, 0.2) is 0 Å². The number of carbonyl (C=O) groups excluding carboxylic acids is 1. The standard InChI is InChI=1S/C21H36N2O3/c1-20(2,12-14-26-21(3,4)11-13-22)23-19(24)25-15-18-16-9-7-5-6-8-10-17(16)18/h16-18H,7-15,22H2,1-4H3,(H,23,24). The summed E-state index contributed by atoms with van der Waals surface area (Å²) in [5.74, 6) is 8.33. The smallest absolute Gasteiger partial charge is 0.407 e. The summed E-state index contributed by atoms with van der Waals surface area (Å²) >= 11 is 0. The molecule has 148 valence electrons. The molecule has 0 aliphatic heterocycles. The van der Waals surface area contributed by atoms with E-state index in [4.69, 9.17) is 15.2 Å². The van der Waals surface area contributed by atoms with Crippen molar-refractivity contribution >= 4 is 6.09 Å². The Hall–Kier alpha value is -1.25. The summed E-state index contributed by atoms with van der Waals surface area (Å²) in [5.41, 5.74) is 5.01. The molecule has 2 aliphatic rings. The molecule has 0 heterocycles. The van der Waals surface area contributed by atoms with E-state index in [2.05, 4.69) is 17.2 Å². The van der Waals surface area contributed by atoms with Gasteiger partial charge in [-0.1, -0.05) is 0 Å². The van der Waals surface area contributed by atoms with Gasteiger partial charge < -0.3 is 20.5 Å². The molecule has 0 radical (unpaired) electrons. The zero-order chi connectivity index (χ0) is 19.2. The molecular formula is C21H36N2O3. The van der Waals surface area contributed by atoms with Gasteiger partial charge >= 0.3 is 6.09 Å². The lowest BCUT2D eigenvalue weighted by Gasteiger charge is -2.29. The maximum atomic E-state index is 12.2. The Balaban J connectivity index is 1.65. The van der Waals surface area contributed by atoms with Crippen LogP contribution in [0.2, 0.25) is 0 Å². The van der Waals surface area contributed by atoms with Gasteiger partial charge in [-0.3, -0.25) is 0 Å². The maximum Gasteiger partial charge on any atom is 0.407 e. The first-order valence-corrected chi connectivity index (χ1v) is 9.99. The van der Waals surface area contributed by atoms with Gasteiger partial charge in [0.1, 0.15) is 0 Å². The van der Waals surface area contributed by atoms with Gasteiger partial charge in [0, 0.05) is 25.0 Å². The first kappa shape index (κ1) is 21.1. The third kappa shape index (κ3) is 6.81. The number of amides is 1. The Morgan fingerprint density at radius 2 is 1.73 bits per heavy atom. The number of alkyl carbamates (subject to hydrolysis) is 1. The number of hydrogen-bond donors (Lipinski definition) is 2. The quantitative estimate of drug-likeness (QED) is 0.615. The Bertz CT molecular complexity index is 515. The first-order valence-electron chi connectivity index (χ1n) is 9.99. The Labute approximate surface area is 158 Å². The minimum atomic E-state index is -0.366. The molecular weight excluding hydrogens is 328 g/mol. The number of hydrogen-bond acceptors (Lipinski definition) is 4. The monoisotopic (exact) mass is 364 g/mol. The molecule has 0 aromatic carbocycles. The van der Waals surface area contributed by atoms with E-state index >= 15 is 0 Å². The van der Waals surface area contributed by atoms with Gasteiger partial charge in [-0.2, -0.15) is 0 Å². The second-order valence-corrected chi connectivity index (χ2v) is 8.93. The molecule has 0 aromatic heterocycles. The van der Waals surface area contributed by atoms with Gasteiger partial charge in [0.2, 0.25) is 0 Å². The predicted molar refractivity (Wildman–Crippen MR) is 104 cm³/mol. The molecule has 2 unspecified atom stereocenters. The van der Waals surface area contributed by atoms with Gasteiger partial charge in [0.25, 0.3) is 0 Å². The van der Waals surface area contributed by atoms with Crippen molar-refractivity contribution in [2.45, 2.75) is 77.4 Å². The highest BCUT2D eigenvalue weighted by Gasteiger charge is 2.49. The van der Waals surface area contributed by atoms with Crippen LogP contribution >= 0.6 is 0 Å². The molecule has 5 nitrogen and oxygen atoms in total. The van der Waals surface area contributed by atoms with E-state index in [1.54, 1.807) is 0 Å². The minimum Gasteiger partial charge on any atom is -0.449 e. The predicted octanol–water partition coefficient (Wildman–Crippen LogP) is 3.46. The van der Waals surface area contributed by atoms with Crippen molar-refractivity contribution in [3.8, 4) is 11.8 Å². The van der Waals surface area contributed by atoms with Crippen LogP contribution in [0.1, 0.15) is 66.2 Å². The highest BCUT2D eigenvalue weighted by molar-refractivity contribution is 5.68. The molecule has 1 amide bonds. The van der Waals surface area contributed by atoms with Crippen LogP contribution in [-0.4, -0.2) is 37.0 Å². The highest BCUT2D eigenvalue weighted by Crippen LogP contribution is 2.52. The van der Waals surface area contributed by atoms with Crippen molar-refractivity contribution in [3.05, 3.63) is 0 Å². The molecule has 0 aromatic rings. The molecule has 2 rings (SSSR count). The zero-order valence-corrected chi connectivity index (χ0v) is 16.9. The van der Waals surface area contributed by atoms with E-state index in [1.807, 2.05) is 27.7 Å². The van der Waals surface area contributed by atoms with E-state index in [1.165, 1.54) is 0 Å². The number of rotatable bonds is 9. The van der Waals surface area contributed by atoms with Crippen LogP contribution in [0.4, 0.5) is 4.79 Å². The molecule has 1 fully saturated rings. The molecule has 2 atom stereocenters. The zero-order valence-electron chi connectivity index (χ0n) is 16.9. The van der Waals surface area contributed by atoms with Gasteiger partial charge in [-0.25, -0.2) is 4.79 Å². The summed E-state index contributed by atoms with van der Waals surface area (Å²) in [7, 11) is 0. The van der Waals surface area contributed by atoms with Crippen LogP contribution in [0, 0.1) is 29.6 Å². The first-order chi connectivity index (χ1) is 12.2. The van der Waals surface area contributed by atoms with Crippen molar-refractivity contribution in [1.82, 2.24) is 5.32 Å². The summed E-state index contributed by atoms with van der Waals surface area (Å²) in [4.78, 5) is 12.2.